The van der Waals surface area contributed by atoms with Gasteiger partial charge >= 0.3 is 0 Å². The molecule has 0 bridgehead atoms. The van der Waals surface area contributed by atoms with Crippen molar-refractivity contribution in [2.24, 2.45) is 0 Å². The van der Waals surface area contributed by atoms with E-state index in [0.29, 0.717) is 17.5 Å². The summed E-state index contributed by atoms with van der Waals surface area (Å²) in [5, 5.41) is 12.4. The van der Waals surface area contributed by atoms with Crippen LogP contribution in [0, 0.1) is 0 Å². The molecular weight excluding hydrogens is 228 g/mol. The predicted molar refractivity (Wildman–Crippen MR) is 62.8 cm³/mol. The molecule has 82 valence electrons. The number of aromatic nitrogens is 2. The minimum atomic E-state index is 0.0284. The first kappa shape index (κ1) is 10.5. The third-order valence-electron chi connectivity index (χ3n) is 1.88. The minimum absolute atomic E-state index is 0.0284. The third-order valence-corrected chi connectivity index (χ3v) is 2.18. The lowest BCUT2D eigenvalue weighted by Gasteiger charge is -2.05. The summed E-state index contributed by atoms with van der Waals surface area (Å²) >= 11 is 5.76. The summed E-state index contributed by atoms with van der Waals surface area (Å²) in [4.78, 5) is 7.95. The van der Waals surface area contributed by atoms with Crippen molar-refractivity contribution in [1.29, 1.82) is 0 Å². The Morgan fingerprint density at radius 3 is 2.81 bits per heavy atom. The average Bonchev–Trinajstić information content (AvgIpc) is 2.24. The number of rotatable bonds is 2. The van der Waals surface area contributed by atoms with Crippen LogP contribution in [0.2, 0.25) is 5.02 Å². The number of halogens is 1. The molecule has 0 radical (unpaired) electrons. The fraction of sp³-hybridized carbons (Fsp3) is 0. The zero-order valence-electron chi connectivity index (χ0n) is 8.18. The number of nitrogen functional groups attached to an aromatic ring is 1. The molecule has 4 N–H and O–H groups in total. The van der Waals surface area contributed by atoms with Gasteiger partial charge in [-0.05, 0) is 24.3 Å². The number of phenolic OH excluding ortho intramolecular Hbond substituents is 1. The van der Waals surface area contributed by atoms with E-state index in [1.807, 2.05) is 0 Å². The maximum absolute atomic E-state index is 9.24. The van der Waals surface area contributed by atoms with Crippen LogP contribution in [-0.2, 0) is 0 Å². The first-order valence-electron chi connectivity index (χ1n) is 4.49. The molecule has 6 heteroatoms. The molecule has 0 atom stereocenters. The molecule has 2 aromatic rings. The van der Waals surface area contributed by atoms with Gasteiger partial charge in [0.2, 0.25) is 5.95 Å². The van der Waals surface area contributed by atoms with Crippen LogP contribution in [0.1, 0.15) is 0 Å². The van der Waals surface area contributed by atoms with E-state index in [0.717, 1.165) is 0 Å². The molecule has 1 aromatic heterocycles. The fourth-order valence-electron chi connectivity index (χ4n) is 1.15. The zero-order chi connectivity index (χ0) is 11.5. The van der Waals surface area contributed by atoms with E-state index >= 15 is 0 Å². The molecule has 0 unspecified atom stereocenters. The molecule has 0 aliphatic heterocycles. The van der Waals surface area contributed by atoms with Crippen LogP contribution in [0.25, 0.3) is 0 Å². The van der Waals surface area contributed by atoms with Crippen molar-refractivity contribution < 1.29 is 5.11 Å². The molecule has 0 amide bonds. The van der Waals surface area contributed by atoms with Crippen LogP contribution in [0.3, 0.4) is 0 Å². The summed E-state index contributed by atoms with van der Waals surface area (Å²) in [6.07, 6.45) is 1.55. The van der Waals surface area contributed by atoms with Gasteiger partial charge < -0.3 is 16.2 Å². The van der Waals surface area contributed by atoms with E-state index in [1.54, 1.807) is 24.4 Å². The van der Waals surface area contributed by atoms with Crippen molar-refractivity contribution in [1.82, 2.24) is 9.97 Å². The van der Waals surface area contributed by atoms with Crippen LogP contribution in [-0.4, -0.2) is 15.1 Å². The van der Waals surface area contributed by atoms with Crippen LogP contribution in [0.4, 0.5) is 17.5 Å². The molecular formula is C10H9ClN4O. The number of anilines is 3. The second-order valence-electron chi connectivity index (χ2n) is 3.10. The second kappa shape index (κ2) is 4.24. The zero-order valence-corrected chi connectivity index (χ0v) is 8.94. The standard InChI is InChI=1S/C10H9ClN4O/c11-7-5-6(1-2-8(7)16)14-10-13-4-3-9(12)15-10/h1-5,16H,(H3,12,13,14,15). The largest absolute Gasteiger partial charge is 0.506 e. The molecule has 2 rings (SSSR count). The van der Waals surface area contributed by atoms with Gasteiger partial charge in [-0.2, -0.15) is 4.98 Å². The minimum Gasteiger partial charge on any atom is -0.506 e. The molecule has 0 fully saturated rings. The Labute approximate surface area is 96.9 Å². The van der Waals surface area contributed by atoms with Gasteiger partial charge in [0.15, 0.2) is 0 Å². The fourth-order valence-corrected chi connectivity index (χ4v) is 1.33. The molecule has 1 aromatic carbocycles. The summed E-state index contributed by atoms with van der Waals surface area (Å²) in [5.74, 6) is 0.782. The normalized spacial score (nSPS) is 10.1. The van der Waals surface area contributed by atoms with Crippen LogP contribution >= 0.6 is 11.6 Å². The number of nitrogens with one attached hydrogen (secondary N) is 1. The summed E-state index contributed by atoms with van der Waals surface area (Å²) in [5.41, 5.74) is 6.18. The van der Waals surface area contributed by atoms with E-state index in [9.17, 15) is 5.11 Å². The Bertz CT molecular complexity index is 518. The van der Waals surface area contributed by atoms with Gasteiger partial charge in [-0.1, -0.05) is 11.6 Å². The quantitative estimate of drug-likeness (QED) is 0.696. The Hall–Kier alpha value is -2.01. The van der Waals surface area contributed by atoms with Crippen molar-refractivity contribution in [2.75, 3.05) is 11.1 Å². The maximum atomic E-state index is 9.24. The number of hydrogen-bond acceptors (Lipinski definition) is 5. The van der Waals surface area contributed by atoms with Crippen LogP contribution in [0.15, 0.2) is 30.5 Å². The van der Waals surface area contributed by atoms with E-state index in [-0.39, 0.29) is 10.8 Å². The first-order valence-corrected chi connectivity index (χ1v) is 4.87. The van der Waals surface area contributed by atoms with Gasteiger partial charge in [0.05, 0.1) is 5.02 Å². The SMILES string of the molecule is Nc1ccnc(Nc2ccc(O)c(Cl)c2)n1. The third kappa shape index (κ3) is 2.32. The average molecular weight is 237 g/mol. The smallest absolute Gasteiger partial charge is 0.229 e. The van der Waals surface area contributed by atoms with E-state index in [4.69, 9.17) is 17.3 Å². The molecule has 0 spiro atoms. The number of hydrogen-bond donors (Lipinski definition) is 3. The Kier molecular flexibility index (Phi) is 2.78. The monoisotopic (exact) mass is 236 g/mol. The molecule has 0 saturated carbocycles. The van der Waals surface area contributed by atoms with Gasteiger partial charge in [0, 0.05) is 11.9 Å². The van der Waals surface area contributed by atoms with Crippen molar-refractivity contribution in [3.8, 4) is 5.75 Å². The van der Waals surface area contributed by atoms with Gasteiger partial charge in [-0.25, -0.2) is 4.98 Å². The summed E-state index contributed by atoms with van der Waals surface area (Å²) < 4.78 is 0. The van der Waals surface area contributed by atoms with Gasteiger partial charge in [0.1, 0.15) is 11.6 Å². The van der Waals surface area contributed by atoms with Crippen molar-refractivity contribution >= 4 is 29.1 Å². The molecule has 0 aliphatic rings. The lowest BCUT2D eigenvalue weighted by Crippen LogP contribution is -1.99. The van der Waals surface area contributed by atoms with Crippen molar-refractivity contribution in [2.45, 2.75) is 0 Å². The van der Waals surface area contributed by atoms with E-state index in [2.05, 4.69) is 15.3 Å². The number of nitrogens with zero attached hydrogens (tertiary/aromatic N) is 2. The molecule has 0 saturated heterocycles. The topological polar surface area (TPSA) is 84.1 Å². The van der Waals surface area contributed by atoms with Crippen molar-refractivity contribution in [3.63, 3.8) is 0 Å². The lowest BCUT2D eigenvalue weighted by molar-refractivity contribution is 0.475. The number of nitrogens with two attached hydrogens (primary N) is 1. The highest BCUT2D eigenvalue weighted by Crippen LogP contribution is 2.27. The number of phenols is 1. The molecule has 16 heavy (non-hydrogen) atoms. The highest BCUT2D eigenvalue weighted by Gasteiger charge is 2.02. The first-order chi connectivity index (χ1) is 7.65. The van der Waals surface area contributed by atoms with Crippen LogP contribution in [0.5, 0.6) is 5.75 Å². The van der Waals surface area contributed by atoms with Crippen molar-refractivity contribution in [3.05, 3.63) is 35.5 Å². The number of aromatic hydroxyl groups is 1. The Morgan fingerprint density at radius 2 is 2.12 bits per heavy atom. The van der Waals surface area contributed by atoms with E-state index < -0.39 is 0 Å². The summed E-state index contributed by atoms with van der Waals surface area (Å²) in [6.45, 7) is 0. The summed E-state index contributed by atoms with van der Waals surface area (Å²) in [6, 6.07) is 6.31. The molecule has 0 aliphatic carbocycles. The highest BCUT2D eigenvalue weighted by molar-refractivity contribution is 6.32. The van der Waals surface area contributed by atoms with Gasteiger partial charge in [-0.3, -0.25) is 0 Å². The maximum Gasteiger partial charge on any atom is 0.229 e. The predicted octanol–water partition coefficient (Wildman–Crippen LogP) is 2.16. The molecule has 5 nitrogen and oxygen atoms in total. The van der Waals surface area contributed by atoms with Crippen LogP contribution < -0.4 is 11.1 Å². The summed E-state index contributed by atoms with van der Waals surface area (Å²) in [7, 11) is 0. The highest BCUT2D eigenvalue weighted by atomic mass is 35.5. The Morgan fingerprint density at radius 1 is 1.31 bits per heavy atom. The second-order valence-corrected chi connectivity index (χ2v) is 3.50. The van der Waals surface area contributed by atoms with Gasteiger partial charge in [0.25, 0.3) is 0 Å². The Balaban J connectivity index is 2.24. The lowest BCUT2D eigenvalue weighted by atomic mass is 10.3. The number of benzene rings is 1. The molecule has 1 heterocycles. The van der Waals surface area contributed by atoms with Gasteiger partial charge in [-0.15, -0.1) is 0 Å². The van der Waals surface area contributed by atoms with E-state index in [1.165, 1.54) is 6.07 Å².